The zero-order chi connectivity index (χ0) is 42.3. The molecule has 1 aliphatic rings. The first-order valence-electron chi connectivity index (χ1n) is 18.3. The molecule has 4 aromatic rings. The van der Waals surface area contributed by atoms with Crippen LogP contribution < -0.4 is 15.2 Å². The second kappa shape index (κ2) is 20.4. The molecule has 0 atom stereocenters. The molecular weight excluding hydrogens is 770 g/mol. The van der Waals surface area contributed by atoms with E-state index in [-0.39, 0.29) is 46.2 Å². The largest absolute Gasteiger partial charge is 0.369 e. The predicted octanol–water partition coefficient (Wildman–Crippen LogP) is 7.55. The van der Waals surface area contributed by atoms with Crippen molar-refractivity contribution >= 4 is 64.3 Å². The lowest BCUT2D eigenvalue weighted by molar-refractivity contribution is -0.384. The molecule has 1 N–H and O–H groups in total. The third-order valence-electron chi connectivity index (χ3n) is 9.11. The molecule has 0 aliphatic carbocycles. The number of amides is 2. The molecule has 15 nitrogen and oxygen atoms in total. The first kappa shape index (κ1) is 42.3. The minimum atomic E-state index is -0.717. The van der Waals surface area contributed by atoms with Crippen LogP contribution in [0.5, 0.6) is 0 Å². The highest BCUT2D eigenvalue weighted by molar-refractivity contribution is 6.35. The van der Waals surface area contributed by atoms with Crippen LogP contribution in [0.3, 0.4) is 0 Å². The van der Waals surface area contributed by atoms with Crippen LogP contribution in [0.2, 0.25) is 5.02 Å². The Morgan fingerprint density at radius 2 is 1.42 bits per heavy atom. The van der Waals surface area contributed by atoms with Gasteiger partial charge in [0.05, 0.1) is 65.6 Å². The van der Waals surface area contributed by atoms with Crippen LogP contribution >= 0.6 is 11.6 Å². The van der Waals surface area contributed by atoms with Crippen LogP contribution in [0.15, 0.2) is 101 Å². The van der Waals surface area contributed by atoms with Gasteiger partial charge in [-0.3, -0.25) is 30.1 Å². The third-order valence-corrected chi connectivity index (χ3v) is 9.44. The number of halogens is 1. The number of aliphatic imine (C=N–C) groups is 2. The van der Waals surface area contributed by atoms with Crippen molar-refractivity contribution in [1.29, 1.82) is 21.0 Å². The highest BCUT2D eigenvalue weighted by Crippen LogP contribution is 2.29. The van der Waals surface area contributed by atoms with Crippen molar-refractivity contribution < 1.29 is 14.5 Å². The number of nitrogens with one attached hydrogen (secondary N) is 1. The summed E-state index contributed by atoms with van der Waals surface area (Å²) in [6, 6.07) is 31.4. The fourth-order valence-electron chi connectivity index (χ4n) is 6.03. The maximum absolute atomic E-state index is 13.9. The second-order valence-electron chi connectivity index (χ2n) is 13.0. The zero-order valence-corrected chi connectivity index (χ0v) is 32.6. The van der Waals surface area contributed by atoms with E-state index in [4.69, 9.17) is 32.6 Å². The van der Waals surface area contributed by atoms with Crippen molar-refractivity contribution in [3.05, 3.63) is 134 Å². The van der Waals surface area contributed by atoms with E-state index < -0.39 is 16.7 Å². The number of benzene rings is 4. The number of carbonyl (C=O) groups excluding carboxylic acids is 2. The number of rotatable bonds is 17. The van der Waals surface area contributed by atoms with Gasteiger partial charge in [-0.2, -0.15) is 26.1 Å². The molecule has 0 unspecified atom stereocenters. The molecule has 0 aromatic heterocycles. The first-order valence-corrected chi connectivity index (χ1v) is 18.7. The number of hydrogen-bond acceptors (Lipinski definition) is 12. The summed E-state index contributed by atoms with van der Waals surface area (Å²) >= 11 is 6.48. The molecule has 0 fully saturated rings. The van der Waals surface area contributed by atoms with Gasteiger partial charge in [-0.1, -0.05) is 29.8 Å². The molecule has 5 rings (SSSR count). The minimum Gasteiger partial charge on any atom is -0.369 e. The number of amidine groups is 1. The van der Waals surface area contributed by atoms with E-state index in [1.54, 1.807) is 42.6 Å². The van der Waals surface area contributed by atoms with Gasteiger partial charge in [-0.05, 0) is 84.3 Å². The van der Waals surface area contributed by atoms with Crippen molar-refractivity contribution in [2.45, 2.75) is 32.6 Å². The van der Waals surface area contributed by atoms with E-state index in [0.29, 0.717) is 50.3 Å². The van der Waals surface area contributed by atoms with Crippen molar-refractivity contribution in [2.24, 2.45) is 9.98 Å². The summed E-state index contributed by atoms with van der Waals surface area (Å²) in [5.41, 5.74) is 7.03. The number of nitro groups is 1. The van der Waals surface area contributed by atoms with E-state index >= 15 is 0 Å². The SMILES string of the molecule is Cc1cc(N(CCC#N)CCC#N)ccc1C=Nc1ccc(C(=O)NN2C(=O)C(=Cc3ccc(N(CCC#N)CCC#N)cc3)N=C2c2cc([N+](=O)[O-])ccc2Cl)cc1. The molecule has 59 heavy (non-hydrogen) atoms. The summed E-state index contributed by atoms with van der Waals surface area (Å²) < 4.78 is 0. The molecule has 0 bridgehead atoms. The Morgan fingerprint density at radius 1 is 0.847 bits per heavy atom. The number of aryl methyl sites for hydroxylation is 1. The van der Waals surface area contributed by atoms with Gasteiger partial charge < -0.3 is 9.80 Å². The van der Waals surface area contributed by atoms with Crippen molar-refractivity contribution in [3.63, 3.8) is 0 Å². The maximum atomic E-state index is 13.9. The van der Waals surface area contributed by atoms with Crippen LogP contribution in [-0.4, -0.2) is 60.0 Å². The number of carbonyl (C=O) groups is 2. The van der Waals surface area contributed by atoms with Gasteiger partial charge >= 0.3 is 0 Å². The molecule has 0 spiro atoms. The van der Waals surface area contributed by atoms with Gasteiger partial charge in [0, 0.05) is 67.0 Å². The quantitative estimate of drug-likeness (QED) is 0.0478. The topological polar surface area (TPSA) is 219 Å². The Labute approximate surface area is 345 Å². The average Bonchev–Trinajstić information content (AvgIpc) is 3.53. The molecule has 294 valence electrons. The minimum absolute atomic E-state index is 0.0453. The van der Waals surface area contributed by atoms with Gasteiger partial charge in [-0.15, -0.1) is 0 Å². The number of nitrogens with zero attached hydrogens (tertiary/aromatic N) is 10. The van der Waals surface area contributed by atoms with Crippen LogP contribution in [0.4, 0.5) is 22.7 Å². The van der Waals surface area contributed by atoms with E-state index in [2.05, 4.69) is 39.7 Å². The van der Waals surface area contributed by atoms with E-state index in [9.17, 15) is 19.7 Å². The van der Waals surface area contributed by atoms with Gasteiger partial charge in [0.15, 0.2) is 5.84 Å². The highest BCUT2D eigenvalue weighted by Gasteiger charge is 2.35. The lowest BCUT2D eigenvalue weighted by atomic mass is 10.1. The van der Waals surface area contributed by atoms with Gasteiger partial charge in [-0.25, -0.2) is 4.99 Å². The van der Waals surface area contributed by atoms with E-state index in [1.807, 2.05) is 34.9 Å². The molecule has 0 saturated carbocycles. The van der Waals surface area contributed by atoms with Crippen molar-refractivity contribution in [1.82, 2.24) is 10.4 Å². The number of non-ortho nitro benzene ring substituents is 1. The monoisotopic (exact) mass is 805 g/mol. The molecule has 1 aliphatic heterocycles. The Bertz CT molecular complexity index is 2450. The number of hydrazine groups is 1. The lowest BCUT2D eigenvalue weighted by Gasteiger charge is -2.23. The Morgan fingerprint density at radius 3 is 1.98 bits per heavy atom. The van der Waals surface area contributed by atoms with E-state index in [1.165, 1.54) is 36.4 Å². The molecule has 16 heteroatoms. The first-order chi connectivity index (χ1) is 28.6. The van der Waals surface area contributed by atoms with Crippen LogP contribution in [0.25, 0.3) is 6.08 Å². The Hall–Kier alpha value is -7.85. The summed E-state index contributed by atoms with van der Waals surface area (Å²) in [4.78, 5) is 51.5. The highest BCUT2D eigenvalue weighted by atomic mass is 35.5. The predicted molar refractivity (Wildman–Crippen MR) is 224 cm³/mol. The van der Waals surface area contributed by atoms with Crippen LogP contribution in [-0.2, 0) is 4.79 Å². The lowest BCUT2D eigenvalue weighted by Crippen LogP contribution is -2.47. The molecule has 4 aromatic carbocycles. The summed E-state index contributed by atoms with van der Waals surface area (Å²) in [7, 11) is 0. The van der Waals surface area contributed by atoms with Crippen molar-refractivity contribution in [3.8, 4) is 24.3 Å². The molecule has 1 heterocycles. The fraction of sp³-hybridized carbons (Fsp3) is 0.209. The second-order valence-corrected chi connectivity index (χ2v) is 13.4. The summed E-state index contributed by atoms with van der Waals surface area (Å²) in [6.07, 6.45) is 4.41. The normalized spacial score (nSPS) is 12.6. The van der Waals surface area contributed by atoms with Gasteiger partial charge in [0.2, 0.25) is 0 Å². The summed E-state index contributed by atoms with van der Waals surface area (Å²) in [5.74, 6) is -1.52. The molecule has 2 amide bonds. The van der Waals surface area contributed by atoms with Crippen LogP contribution in [0.1, 0.15) is 58.3 Å². The number of hydrogen-bond donors (Lipinski definition) is 1. The standard InChI is InChI=1S/C43H36ClN11O4/c1-30-26-36(53(24-4-20-47)25-5-21-48)15-10-33(30)29-49-34-11-8-32(9-12-34)42(56)51-54-41(38-28-37(55(58)59)16-17-39(38)44)50-40(43(54)57)27-31-6-13-35(14-7-31)52(22-2-18-45)23-3-19-46/h6-17,26-29H,2-5,22-25H2,1H3,(H,51,56). The van der Waals surface area contributed by atoms with Gasteiger partial charge in [0.25, 0.3) is 17.5 Å². The molecule has 0 saturated heterocycles. The smallest absolute Gasteiger partial charge is 0.297 e. The molecular formula is C43H36ClN11O4. The van der Waals surface area contributed by atoms with E-state index in [0.717, 1.165) is 27.5 Å². The number of nitro benzene ring substituents is 1. The van der Waals surface area contributed by atoms with Gasteiger partial charge in [0.1, 0.15) is 5.70 Å². The maximum Gasteiger partial charge on any atom is 0.297 e. The summed E-state index contributed by atoms with van der Waals surface area (Å²) in [6.45, 7) is 3.83. The third kappa shape index (κ3) is 10.9. The Kier molecular flexibility index (Phi) is 14.6. The summed E-state index contributed by atoms with van der Waals surface area (Å²) in [5, 5.41) is 48.8. The number of nitriles is 4. The fourth-order valence-corrected chi connectivity index (χ4v) is 6.23. The molecule has 0 radical (unpaired) electrons. The van der Waals surface area contributed by atoms with Crippen LogP contribution in [0, 0.1) is 62.4 Å². The van der Waals surface area contributed by atoms with Crippen molar-refractivity contribution in [2.75, 3.05) is 36.0 Å². The number of anilines is 2. The Balaban J connectivity index is 1.36. The average molecular weight is 806 g/mol. The zero-order valence-electron chi connectivity index (χ0n) is 31.9.